The van der Waals surface area contributed by atoms with Crippen LogP contribution in [0.5, 0.6) is 0 Å². The minimum Gasteiger partial charge on any atom is -0.307 e. The number of aryl methyl sites for hydroxylation is 1. The number of nitrogens with one attached hydrogen (secondary N) is 2. The van der Waals surface area contributed by atoms with Crippen LogP contribution in [0.1, 0.15) is 11.1 Å². The molecular formula is C16H17N3O3S. The maximum atomic E-state index is 11.8. The van der Waals surface area contributed by atoms with Gasteiger partial charge in [-0.25, -0.2) is 18.1 Å². The molecule has 1 amide bonds. The van der Waals surface area contributed by atoms with Gasteiger partial charge in [-0.2, -0.15) is 0 Å². The van der Waals surface area contributed by atoms with Gasteiger partial charge < -0.3 is 5.32 Å². The number of sulfonamides is 1. The largest absolute Gasteiger partial charge is 0.307 e. The first-order valence-electron chi connectivity index (χ1n) is 6.86. The lowest BCUT2D eigenvalue weighted by Gasteiger charge is -2.03. The Kier molecular flexibility index (Phi) is 5.25. The van der Waals surface area contributed by atoms with Crippen LogP contribution >= 0.6 is 0 Å². The Morgan fingerprint density at radius 2 is 1.83 bits per heavy atom. The van der Waals surface area contributed by atoms with Gasteiger partial charge in [0, 0.05) is 12.3 Å². The van der Waals surface area contributed by atoms with Crippen molar-refractivity contribution < 1.29 is 13.2 Å². The zero-order valence-corrected chi connectivity index (χ0v) is 13.6. The molecule has 6 nitrogen and oxygen atoms in total. The first-order chi connectivity index (χ1) is 10.9. The fourth-order valence-corrected chi connectivity index (χ4v) is 2.49. The Bertz CT molecular complexity index is 811. The summed E-state index contributed by atoms with van der Waals surface area (Å²) in [6.45, 7) is 1.91. The molecule has 23 heavy (non-hydrogen) atoms. The van der Waals surface area contributed by atoms with Gasteiger partial charge in [0.15, 0.2) is 0 Å². The number of carbonyl (C=O) groups is 1. The Morgan fingerprint density at radius 1 is 1.13 bits per heavy atom. The van der Waals surface area contributed by atoms with Crippen LogP contribution in [0, 0.1) is 6.92 Å². The highest BCUT2D eigenvalue weighted by Crippen LogP contribution is 2.11. The van der Waals surface area contributed by atoms with Gasteiger partial charge in [0.05, 0.1) is 4.90 Å². The molecule has 7 heteroatoms. The molecule has 0 saturated heterocycles. The number of carbonyl (C=O) groups excluding carboxylic acids is 1. The molecule has 0 aliphatic rings. The minimum absolute atomic E-state index is 0.172. The number of rotatable bonds is 5. The number of pyridine rings is 1. The van der Waals surface area contributed by atoms with Crippen LogP contribution in [-0.2, 0) is 14.8 Å². The molecule has 0 fully saturated rings. The van der Waals surface area contributed by atoms with E-state index in [1.54, 1.807) is 30.5 Å². The number of nitrogens with zero attached hydrogens (tertiary/aromatic N) is 1. The SMILES string of the molecule is CNS(=O)(=O)c1ccc(/C=C/C(=O)Nc2ccc(C)cn2)cc1. The molecule has 1 aromatic carbocycles. The van der Waals surface area contributed by atoms with E-state index in [0.717, 1.165) is 5.56 Å². The fraction of sp³-hybridized carbons (Fsp3) is 0.125. The van der Waals surface area contributed by atoms with E-state index in [0.29, 0.717) is 11.4 Å². The molecule has 0 aliphatic heterocycles. The summed E-state index contributed by atoms with van der Waals surface area (Å²) < 4.78 is 25.5. The summed E-state index contributed by atoms with van der Waals surface area (Å²) in [7, 11) is -2.10. The maximum absolute atomic E-state index is 11.8. The summed E-state index contributed by atoms with van der Waals surface area (Å²) in [6.07, 6.45) is 4.63. The molecule has 0 atom stereocenters. The summed E-state index contributed by atoms with van der Waals surface area (Å²) in [5.41, 5.74) is 1.72. The van der Waals surface area contributed by atoms with Gasteiger partial charge in [-0.15, -0.1) is 0 Å². The molecule has 2 N–H and O–H groups in total. The van der Waals surface area contributed by atoms with Gasteiger partial charge >= 0.3 is 0 Å². The predicted molar refractivity (Wildman–Crippen MR) is 89.3 cm³/mol. The van der Waals surface area contributed by atoms with Crippen LogP contribution in [0.4, 0.5) is 5.82 Å². The number of amides is 1. The molecule has 1 heterocycles. The van der Waals surface area contributed by atoms with Gasteiger partial charge in [0.1, 0.15) is 5.82 Å². The van der Waals surface area contributed by atoms with Crippen LogP contribution in [0.3, 0.4) is 0 Å². The van der Waals surface area contributed by atoms with Gasteiger partial charge in [-0.05, 0) is 49.4 Å². The van der Waals surface area contributed by atoms with Crippen molar-refractivity contribution in [3.63, 3.8) is 0 Å². The lowest BCUT2D eigenvalue weighted by molar-refractivity contribution is -0.111. The summed E-state index contributed by atoms with van der Waals surface area (Å²) in [4.78, 5) is 16.1. The Labute approximate surface area is 135 Å². The summed E-state index contributed by atoms with van der Waals surface area (Å²) in [5.74, 6) is 0.161. The predicted octanol–water partition coefficient (Wildman–Crippen LogP) is 1.95. The molecule has 0 saturated carbocycles. The zero-order chi connectivity index (χ0) is 16.9. The molecule has 0 unspecified atom stereocenters. The number of hydrogen-bond acceptors (Lipinski definition) is 4. The molecule has 0 radical (unpaired) electrons. The van der Waals surface area contributed by atoms with Crippen molar-refractivity contribution in [1.82, 2.24) is 9.71 Å². The van der Waals surface area contributed by atoms with E-state index < -0.39 is 10.0 Å². The lowest BCUT2D eigenvalue weighted by atomic mass is 10.2. The van der Waals surface area contributed by atoms with Crippen molar-refractivity contribution >= 4 is 27.8 Å². The second kappa shape index (κ2) is 7.17. The van der Waals surface area contributed by atoms with Crippen LogP contribution in [0.15, 0.2) is 53.6 Å². The minimum atomic E-state index is -3.45. The normalized spacial score (nSPS) is 11.6. The fourth-order valence-electron chi connectivity index (χ4n) is 1.76. The molecule has 120 valence electrons. The van der Waals surface area contributed by atoms with Gasteiger partial charge in [-0.1, -0.05) is 18.2 Å². The highest BCUT2D eigenvalue weighted by Gasteiger charge is 2.09. The zero-order valence-electron chi connectivity index (χ0n) is 12.8. The molecule has 0 aliphatic carbocycles. The average molecular weight is 331 g/mol. The number of anilines is 1. The summed E-state index contributed by atoms with van der Waals surface area (Å²) >= 11 is 0. The van der Waals surface area contributed by atoms with Crippen molar-refractivity contribution in [2.75, 3.05) is 12.4 Å². The highest BCUT2D eigenvalue weighted by molar-refractivity contribution is 7.89. The first-order valence-corrected chi connectivity index (χ1v) is 8.34. The lowest BCUT2D eigenvalue weighted by Crippen LogP contribution is -2.18. The quantitative estimate of drug-likeness (QED) is 0.820. The first kappa shape index (κ1) is 16.9. The van der Waals surface area contributed by atoms with Crippen molar-refractivity contribution in [3.8, 4) is 0 Å². The second-order valence-electron chi connectivity index (χ2n) is 4.82. The topological polar surface area (TPSA) is 88.2 Å². The molecule has 2 aromatic rings. The van der Waals surface area contributed by atoms with Gasteiger partial charge in [-0.3, -0.25) is 4.79 Å². The number of benzene rings is 1. The van der Waals surface area contributed by atoms with E-state index in [9.17, 15) is 13.2 Å². The Hall–Kier alpha value is -2.51. The van der Waals surface area contributed by atoms with E-state index in [-0.39, 0.29) is 10.8 Å². The van der Waals surface area contributed by atoms with Crippen LogP contribution in [0.25, 0.3) is 6.08 Å². The number of aromatic nitrogens is 1. The van der Waals surface area contributed by atoms with Gasteiger partial charge in [0.2, 0.25) is 15.9 Å². The van der Waals surface area contributed by atoms with Crippen molar-refractivity contribution in [2.24, 2.45) is 0 Å². The summed E-state index contributed by atoms with van der Waals surface area (Å²) in [6, 6.07) is 9.78. The molecule has 0 bridgehead atoms. The standard InChI is InChI=1S/C16H17N3O3S/c1-12-3-9-15(18-11-12)19-16(20)10-6-13-4-7-14(8-5-13)23(21,22)17-2/h3-11,17H,1-2H3,(H,18,19,20)/b10-6+. The van der Waals surface area contributed by atoms with Crippen LogP contribution in [0.2, 0.25) is 0 Å². The average Bonchev–Trinajstić information content (AvgIpc) is 2.55. The molecule has 2 rings (SSSR count). The third-order valence-corrected chi connectivity index (χ3v) is 4.48. The van der Waals surface area contributed by atoms with Crippen LogP contribution < -0.4 is 10.0 Å². The van der Waals surface area contributed by atoms with Gasteiger partial charge in [0.25, 0.3) is 0 Å². The molecule has 1 aromatic heterocycles. The van der Waals surface area contributed by atoms with E-state index in [1.807, 2.05) is 13.0 Å². The maximum Gasteiger partial charge on any atom is 0.249 e. The van der Waals surface area contributed by atoms with E-state index in [1.165, 1.54) is 25.3 Å². The van der Waals surface area contributed by atoms with Crippen molar-refractivity contribution in [3.05, 3.63) is 59.8 Å². The second-order valence-corrected chi connectivity index (χ2v) is 6.71. The third kappa shape index (κ3) is 4.73. The Morgan fingerprint density at radius 3 is 2.39 bits per heavy atom. The molecular weight excluding hydrogens is 314 g/mol. The monoisotopic (exact) mass is 331 g/mol. The van der Waals surface area contributed by atoms with Crippen molar-refractivity contribution in [2.45, 2.75) is 11.8 Å². The van der Waals surface area contributed by atoms with E-state index in [2.05, 4.69) is 15.0 Å². The number of hydrogen-bond donors (Lipinski definition) is 2. The van der Waals surface area contributed by atoms with E-state index in [4.69, 9.17) is 0 Å². The summed E-state index contributed by atoms with van der Waals surface area (Å²) in [5, 5.41) is 2.64. The highest BCUT2D eigenvalue weighted by atomic mass is 32.2. The Balaban J connectivity index is 2.02. The van der Waals surface area contributed by atoms with E-state index >= 15 is 0 Å². The third-order valence-electron chi connectivity index (χ3n) is 3.05. The molecule has 0 spiro atoms. The smallest absolute Gasteiger partial charge is 0.249 e. The van der Waals surface area contributed by atoms with Crippen molar-refractivity contribution in [1.29, 1.82) is 0 Å². The van der Waals surface area contributed by atoms with Crippen LogP contribution in [-0.4, -0.2) is 26.4 Å².